The fraction of sp³-hybridized carbons (Fsp3) is 0.469. The molecule has 3 aromatic carbocycles. The van der Waals surface area contributed by atoms with Crippen LogP contribution in [-0.4, -0.2) is 55.8 Å². The minimum Gasteiger partial charge on any atom is -0.493 e. The second-order valence-electron chi connectivity index (χ2n) is 11.4. The van der Waals surface area contributed by atoms with Crippen LogP contribution in [0.2, 0.25) is 0 Å². The largest absolute Gasteiger partial charge is 0.493 e. The normalized spacial score (nSPS) is 22.4. The van der Waals surface area contributed by atoms with Gasteiger partial charge in [0.1, 0.15) is 5.75 Å². The Morgan fingerprint density at radius 3 is 2.52 bits per heavy atom. The predicted octanol–water partition coefficient (Wildman–Crippen LogP) is 5.40. The van der Waals surface area contributed by atoms with Crippen LogP contribution in [0.3, 0.4) is 0 Å². The highest BCUT2D eigenvalue weighted by molar-refractivity contribution is 7.89. The van der Waals surface area contributed by atoms with Crippen molar-refractivity contribution in [1.82, 2.24) is 14.5 Å². The van der Waals surface area contributed by atoms with Crippen molar-refractivity contribution in [1.29, 1.82) is 0 Å². The third-order valence-electron chi connectivity index (χ3n) is 8.63. The lowest BCUT2D eigenvalue weighted by molar-refractivity contribution is -0.123. The van der Waals surface area contributed by atoms with Gasteiger partial charge in [0.15, 0.2) is 0 Å². The van der Waals surface area contributed by atoms with Gasteiger partial charge in [-0.3, -0.25) is 9.69 Å². The molecule has 7 nitrogen and oxygen atoms in total. The van der Waals surface area contributed by atoms with Gasteiger partial charge in [-0.2, -0.15) is 4.31 Å². The van der Waals surface area contributed by atoms with Gasteiger partial charge in [-0.05, 0) is 73.3 Å². The number of rotatable bonds is 7. The van der Waals surface area contributed by atoms with Gasteiger partial charge in [0.05, 0.1) is 17.5 Å². The summed E-state index contributed by atoms with van der Waals surface area (Å²) in [6.07, 6.45) is 7.11. The standard InChI is InChI=1S/C32H39N3O4S/c36-32(33-30-15-19-39-31-20-24(11-14-29(30)31)23-34-16-5-1-6-17-34)22-27-10-4-7-18-35(27)40(37,38)28-13-12-25-8-2-3-9-26(25)21-28/h2-3,8-9,11-14,20-21,27,30H,1,4-7,10,15-19,22-23H2,(H,33,36)/t27-,30-/m1/s1. The van der Waals surface area contributed by atoms with Crippen LogP contribution in [0.1, 0.15) is 68.5 Å². The first-order chi connectivity index (χ1) is 19.5. The zero-order valence-electron chi connectivity index (χ0n) is 23.1. The number of fused-ring (bicyclic) bond motifs is 2. The topological polar surface area (TPSA) is 79.0 Å². The van der Waals surface area contributed by atoms with Crippen LogP contribution in [0.25, 0.3) is 10.8 Å². The molecule has 3 aliphatic heterocycles. The second-order valence-corrected chi connectivity index (χ2v) is 13.3. The van der Waals surface area contributed by atoms with E-state index in [1.807, 2.05) is 30.3 Å². The van der Waals surface area contributed by atoms with Crippen LogP contribution in [0.5, 0.6) is 5.75 Å². The molecule has 40 heavy (non-hydrogen) atoms. The van der Waals surface area contributed by atoms with E-state index in [-0.39, 0.29) is 29.3 Å². The minimum atomic E-state index is -3.72. The zero-order valence-corrected chi connectivity index (χ0v) is 23.9. The maximum absolute atomic E-state index is 13.7. The maximum atomic E-state index is 13.7. The summed E-state index contributed by atoms with van der Waals surface area (Å²) in [4.78, 5) is 16.1. The number of nitrogens with zero attached hydrogens (tertiary/aromatic N) is 2. The van der Waals surface area contributed by atoms with Crippen molar-refractivity contribution in [3.05, 3.63) is 71.8 Å². The molecule has 2 atom stereocenters. The number of benzene rings is 3. The molecule has 0 bridgehead atoms. The maximum Gasteiger partial charge on any atom is 0.243 e. The first-order valence-corrected chi connectivity index (χ1v) is 16.2. The van der Waals surface area contributed by atoms with E-state index >= 15 is 0 Å². The highest BCUT2D eigenvalue weighted by atomic mass is 32.2. The van der Waals surface area contributed by atoms with Crippen molar-refractivity contribution in [3.63, 3.8) is 0 Å². The summed E-state index contributed by atoms with van der Waals surface area (Å²) in [6, 6.07) is 18.9. The molecule has 0 radical (unpaired) electrons. The van der Waals surface area contributed by atoms with Gasteiger partial charge < -0.3 is 10.1 Å². The number of hydrogen-bond donors (Lipinski definition) is 1. The molecule has 212 valence electrons. The summed E-state index contributed by atoms with van der Waals surface area (Å²) in [5, 5.41) is 5.11. The van der Waals surface area contributed by atoms with Crippen LogP contribution in [0.4, 0.5) is 0 Å². The van der Waals surface area contributed by atoms with Gasteiger partial charge in [0.2, 0.25) is 15.9 Å². The van der Waals surface area contributed by atoms with Crippen molar-refractivity contribution < 1.29 is 17.9 Å². The molecule has 2 fully saturated rings. The lowest BCUT2D eigenvalue weighted by Crippen LogP contribution is -2.46. The Labute approximate surface area is 237 Å². The number of amides is 1. The van der Waals surface area contributed by atoms with E-state index in [9.17, 15) is 13.2 Å². The van der Waals surface area contributed by atoms with Crippen molar-refractivity contribution in [2.24, 2.45) is 0 Å². The highest BCUT2D eigenvalue weighted by Crippen LogP contribution is 2.34. The molecule has 8 heteroatoms. The summed E-state index contributed by atoms with van der Waals surface area (Å²) in [5.74, 6) is 0.741. The van der Waals surface area contributed by atoms with Crippen molar-refractivity contribution >= 4 is 26.7 Å². The van der Waals surface area contributed by atoms with Gasteiger partial charge in [0, 0.05) is 37.5 Å². The first-order valence-electron chi connectivity index (χ1n) is 14.8. The molecule has 0 aliphatic carbocycles. The van der Waals surface area contributed by atoms with E-state index in [2.05, 4.69) is 28.4 Å². The van der Waals surface area contributed by atoms with Gasteiger partial charge in [-0.25, -0.2) is 8.42 Å². The van der Waals surface area contributed by atoms with Crippen LogP contribution in [0, 0.1) is 0 Å². The average Bonchev–Trinajstić information content (AvgIpc) is 2.97. The second kappa shape index (κ2) is 11.9. The van der Waals surface area contributed by atoms with E-state index in [1.165, 1.54) is 24.8 Å². The fourth-order valence-electron chi connectivity index (χ4n) is 6.48. The summed E-state index contributed by atoms with van der Waals surface area (Å²) in [6.45, 7) is 4.21. The van der Waals surface area contributed by atoms with E-state index < -0.39 is 10.0 Å². The Hall–Kier alpha value is -2.94. The molecule has 0 spiro atoms. The third kappa shape index (κ3) is 5.90. The monoisotopic (exact) mass is 561 g/mol. The molecule has 0 unspecified atom stereocenters. The molecule has 6 rings (SSSR count). The number of hydrogen-bond acceptors (Lipinski definition) is 5. The summed E-state index contributed by atoms with van der Waals surface area (Å²) in [7, 11) is -3.72. The lowest BCUT2D eigenvalue weighted by atomic mass is 9.97. The SMILES string of the molecule is O=C(C[C@H]1CCCCN1S(=O)(=O)c1ccc2ccccc2c1)N[C@@H]1CCOc2cc(CN3CCCCC3)ccc21. The Morgan fingerprint density at radius 1 is 0.875 bits per heavy atom. The van der Waals surface area contributed by atoms with Gasteiger partial charge in [-0.1, -0.05) is 55.3 Å². The number of piperidine rings is 2. The summed E-state index contributed by atoms with van der Waals surface area (Å²) in [5.41, 5.74) is 2.25. The summed E-state index contributed by atoms with van der Waals surface area (Å²) >= 11 is 0. The van der Waals surface area contributed by atoms with Crippen LogP contribution in [0.15, 0.2) is 65.6 Å². The van der Waals surface area contributed by atoms with E-state index in [0.29, 0.717) is 26.0 Å². The van der Waals surface area contributed by atoms with Crippen molar-refractivity contribution in [3.8, 4) is 5.75 Å². The van der Waals surface area contributed by atoms with Crippen molar-refractivity contribution in [2.75, 3.05) is 26.2 Å². The molecule has 1 N–H and O–H groups in total. The summed E-state index contributed by atoms with van der Waals surface area (Å²) < 4.78 is 35.0. The van der Waals surface area contributed by atoms with Crippen LogP contribution in [-0.2, 0) is 21.4 Å². The van der Waals surface area contributed by atoms with Crippen LogP contribution >= 0.6 is 0 Å². The van der Waals surface area contributed by atoms with E-state index in [4.69, 9.17) is 4.74 Å². The number of carbonyl (C=O) groups is 1. The molecule has 3 aliphatic rings. The number of nitrogens with one attached hydrogen (secondary N) is 1. The minimum absolute atomic E-state index is 0.110. The molecule has 0 saturated carbocycles. The molecular formula is C32H39N3O4S. The number of likely N-dealkylation sites (tertiary alicyclic amines) is 1. The third-order valence-corrected chi connectivity index (χ3v) is 10.6. The van der Waals surface area contributed by atoms with E-state index in [1.54, 1.807) is 16.4 Å². The molecule has 3 heterocycles. The predicted molar refractivity (Wildman–Crippen MR) is 157 cm³/mol. The van der Waals surface area contributed by atoms with Gasteiger partial charge >= 0.3 is 0 Å². The number of carbonyl (C=O) groups excluding carboxylic acids is 1. The lowest BCUT2D eigenvalue weighted by Gasteiger charge is -2.35. The Bertz CT molecular complexity index is 1470. The number of sulfonamides is 1. The first kappa shape index (κ1) is 27.2. The quantitative estimate of drug-likeness (QED) is 0.418. The molecule has 1 amide bonds. The number of ether oxygens (including phenoxy) is 1. The Morgan fingerprint density at radius 2 is 1.68 bits per heavy atom. The smallest absolute Gasteiger partial charge is 0.243 e. The Kier molecular flexibility index (Phi) is 8.10. The molecular weight excluding hydrogens is 522 g/mol. The Balaban J connectivity index is 1.13. The molecule has 2 saturated heterocycles. The van der Waals surface area contributed by atoms with Crippen LogP contribution < -0.4 is 10.1 Å². The molecule has 3 aromatic rings. The van der Waals surface area contributed by atoms with Gasteiger partial charge in [0.25, 0.3) is 0 Å². The van der Waals surface area contributed by atoms with Crippen molar-refractivity contribution in [2.45, 2.75) is 74.9 Å². The average molecular weight is 562 g/mol. The van der Waals surface area contributed by atoms with Gasteiger partial charge in [-0.15, -0.1) is 0 Å². The van der Waals surface area contributed by atoms with E-state index in [0.717, 1.165) is 54.6 Å². The fourth-order valence-corrected chi connectivity index (χ4v) is 8.21. The highest BCUT2D eigenvalue weighted by Gasteiger charge is 2.35. The zero-order chi connectivity index (χ0) is 27.5. The molecule has 0 aromatic heterocycles.